The Balaban J connectivity index is 2.25. The van der Waals surface area contributed by atoms with E-state index >= 15 is 0 Å². The number of hydrogen-bond donors (Lipinski definition) is 2. The summed E-state index contributed by atoms with van der Waals surface area (Å²) in [5, 5.41) is 11.8. The molecule has 0 unspecified atom stereocenters. The van der Waals surface area contributed by atoms with Crippen molar-refractivity contribution in [3.63, 3.8) is 0 Å². The number of anilines is 1. The number of benzene rings is 1. The third-order valence-electron chi connectivity index (χ3n) is 2.51. The highest BCUT2D eigenvalue weighted by molar-refractivity contribution is 5.78. The predicted octanol–water partition coefficient (Wildman–Crippen LogP) is 2.35. The molecule has 2 rings (SSSR count). The van der Waals surface area contributed by atoms with Crippen molar-refractivity contribution in [3.05, 3.63) is 24.3 Å². The Hall–Kier alpha value is -2.04. The largest absolute Gasteiger partial charge is 0.480 e. The second-order valence-corrected chi connectivity index (χ2v) is 4.19. The summed E-state index contributed by atoms with van der Waals surface area (Å²) in [4.78, 5) is 15.2. The van der Waals surface area contributed by atoms with E-state index in [1.54, 1.807) is 6.07 Å². The van der Waals surface area contributed by atoms with Gasteiger partial charge in [-0.2, -0.15) is 4.98 Å². The lowest BCUT2D eigenvalue weighted by molar-refractivity contribution is -0.138. The summed E-state index contributed by atoms with van der Waals surface area (Å²) in [7, 11) is 0. The maximum Gasteiger partial charge on any atom is 0.326 e. The highest BCUT2D eigenvalue weighted by Gasteiger charge is 2.23. The number of carboxylic acids is 1. The highest BCUT2D eigenvalue weighted by atomic mass is 16.4. The molecule has 1 heterocycles. The summed E-state index contributed by atoms with van der Waals surface area (Å²) < 4.78 is 5.41. The first kappa shape index (κ1) is 11.4. The maximum atomic E-state index is 11.0. The van der Waals surface area contributed by atoms with Crippen LogP contribution in [0, 0.1) is 5.92 Å². The van der Waals surface area contributed by atoms with Gasteiger partial charge in [-0.05, 0) is 18.1 Å². The lowest BCUT2D eigenvalue weighted by Crippen LogP contribution is -2.34. The fraction of sp³-hybridized carbons (Fsp3) is 0.333. The maximum absolute atomic E-state index is 11.0. The molecule has 1 atom stereocenters. The molecule has 0 fully saturated rings. The average Bonchev–Trinajstić information content (AvgIpc) is 2.67. The second kappa shape index (κ2) is 4.45. The van der Waals surface area contributed by atoms with Crippen LogP contribution >= 0.6 is 0 Å². The van der Waals surface area contributed by atoms with Crippen molar-refractivity contribution in [1.82, 2.24) is 4.98 Å². The Morgan fingerprint density at radius 1 is 1.41 bits per heavy atom. The molecule has 2 N–H and O–H groups in total. The van der Waals surface area contributed by atoms with Gasteiger partial charge in [-0.3, -0.25) is 0 Å². The van der Waals surface area contributed by atoms with Gasteiger partial charge in [-0.1, -0.05) is 26.0 Å². The molecule has 0 aliphatic heterocycles. The number of aliphatic carboxylic acids is 1. The van der Waals surface area contributed by atoms with Crippen LogP contribution in [0.1, 0.15) is 13.8 Å². The number of nitrogens with one attached hydrogen (secondary N) is 1. The lowest BCUT2D eigenvalue weighted by Gasteiger charge is -2.15. The van der Waals surface area contributed by atoms with Gasteiger partial charge in [-0.15, -0.1) is 0 Å². The SMILES string of the molecule is CC(C)[C@@H](Nc1nc2ccccc2o1)C(=O)O. The lowest BCUT2D eigenvalue weighted by atomic mass is 10.1. The Kier molecular flexibility index (Phi) is 2.99. The van der Waals surface area contributed by atoms with Gasteiger partial charge in [0.15, 0.2) is 5.58 Å². The summed E-state index contributed by atoms with van der Waals surface area (Å²) in [5.74, 6) is -0.968. The van der Waals surface area contributed by atoms with E-state index < -0.39 is 12.0 Å². The first-order chi connectivity index (χ1) is 8.08. The fourth-order valence-corrected chi connectivity index (χ4v) is 1.58. The van der Waals surface area contributed by atoms with E-state index in [2.05, 4.69) is 10.3 Å². The molecule has 0 aliphatic carbocycles. The molecule has 1 aromatic heterocycles. The predicted molar refractivity (Wildman–Crippen MR) is 63.9 cm³/mol. The Morgan fingerprint density at radius 3 is 2.71 bits per heavy atom. The topological polar surface area (TPSA) is 75.4 Å². The third kappa shape index (κ3) is 2.38. The number of fused-ring (bicyclic) bond motifs is 1. The number of para-hydroxylation sites is 2. The fourth-order valence-electron chi connectivity index (χ4n) is 1.58. The Labute approximate surface area is 98.5 Å². The number of carbonyl (C=O) groups is 1. The molecule has 0 amide bonds. The Morgan fingerprint density at radius 2 is 2.12 bits per heavy atom. The zero-order valence-corrected chi connectivity index (χ0v) is 9.68. The van der Waals surface area contributed by atoms with Crippen LogP contribution in [0.25, 0.3) is 11.1 Å². The molecule has 1 aromatic carbocycles. The van der Waals surface area contributed by atoms with Crippen LogP contribution in [-0.4, -0.2) is 22.1 Å². The van der Waals surface area contributed by atoms with Crippen molar-refractivity contribution in [2.45, 2.75) is 19.9 Å². The van der Waals surface area contributed by atoms with Crippen LogP contribution in [0.2, 0.25) is 0 Å². The van der Waals surface area contributed by atoms with Crippen molar-refractivity contribution >= 4 is 23.1 Å². The number of rotatable bonds is 4. The van der Waals surface area contributed by atoms with Crippen molar-refractivity contribution in [2.24, 2.45) is 5.92 Å². The van der Waals surface area contributed by atoms with Gasteiger partial charge in [-0.25, -0.2) is 4.79 Å². The monoisotopic (exact) mass is 234 g/mol. The zero-order valence-electron chi connectivity index (χ0n) is 9.68. The summed E-state index contributed by atoms with van der Waals surface area (Å²) in [6, 6.07) is 6.84. The standard InChI is InChI=1S/C12H14N2O3/c1-7(2)10(11(15)16)14-12-13-8-5-3-4-6-9(8)17-12/h3-7,10H,1-2H3,(H,13,14)(H,15,16)/t10-/m1/s1. The van der Waals surface area contributed by atoms with Crippen LogP contribution in [0.3, 0.4) is 0 Å². The minimum atomic E-state index is -0.915. The molecule has 2 aromatic rings. The van der Waals surface area contributed by atoms with E-state index in [-0.39, 0.29) is 11.9 Å². The van der Waals surface area contributed by atoms with Crippen LogP contribution in [0.15, 0.2) is 28.7 Å². The summed E-state index contributed by atoms with van der Waals surface area (Å²) in [6.45, 7) is 3.66. The third-order valence-corrected chi connectivity index (χ3v) is 2.51. The Bertz CT molecular complexity index is 500. The van der Waals surface area contributed by atoms with Crippen molar-refractivity contribution in [3.8, 4) is 0 Å². The molecular weight excluding hydrogens is 220 g/mol. The average molecular weight is 234 g/mol. The number of hydrogen-bond acceptors (Lipinski definition) is 4. The molecule has 0 radical (unpaired) electrons. The van der Waals surface area contributed by atoms with Crippen LogP contribution < -0.4 is 5.32 Å². The van der Waals surface area contributed by atoms with Crippen LogP contribution in [-0.2, 0) is 4.79 Å². The van der Waals surface area contributed by atoms with Crippen LogP contribution in [0.4, 0.5) is 6.01 Å². The smallest absolute Gasteiger partial charge is 0.326 e. The normalized spacial score (nSPS) is 12.9. The first-order valence-electron chi connectivity index (χ1n) is 5.43. The number of aromatic nitrogens is 1. The van der Waals surface area contributed by atoms with E-state index in [0.29, 0.717) is 11.1 Å². The molecule has 5 heteroatoms. The van der Waals surface area contributed by atoms with E-state index in [9.17, 15) is 4.79 Å². The molecule has 0 saturated carbocycles. The van der Waals surface area contributed by atoms with Gasteiger partial charge < -0.3 is 14.8 Å². The molecule has 0 saturated heterocycles. The first-order valence-corrected chi connectivity index (χ1v) is 5.43. The molecule has 0 bridgehead atoms. The van der Waals surface area contributed by atoms with Gasteiger partial charge >= 0.3 is 5.97 Å². The molecular formula is C12H14N2O3. The molecule has 0 aliphatic rings. The summed E-state index contributed by atoms with van der Waals surface area (Å²) >= 11 is 0. The highest BCUT2D eigenvalue weighted by Crippen LogP contribution is 2.19. The van der Waals surface area contributed by atoms with Gasteiger partial charge in [0.1, 0.15) is 11.6 Å². The quantitative estimate of drug-likeness (QED) is 0.849. The number of carboxylic acid groups (broad SMARTS) is 1. The van der Waals surface area contributed by atoms with E-state index in [4.69, 9.17) is 9.52 Å². The zero-order chi connectivity index (χ0) is 12.4. The van der Waals surface area contributed by atoms with Crippen molar-refractivity contribution in [2.75, 3.05) is 5.32 Å². The van der Waals surface area contributed by atoms with E-state index in [1.807, 2.05) is 32.0 Å². The summed E-state index contributed by atoms with van der Waals surface area (Å²) in [6.07, 6.45) is 0. The molecule has 90 valence electrons. The molecule has 5 nitrogen and oxygen atoms in total. The minimum absolute atomic E-state index is 0.0532. The van der Waals surface area contributed by atoms with E-state index in [1.165, 1.54) is 0 Å². The van der Waals surface area contributed by atoms with Crippen LogP contribution in [0.5, 0.6) is 0 Å². The van der Waals surface area contributed by atoms with Gasteiger partial charge in [0.05, 0.1) is 0 Å². The molecule has 17 heavy (non-hydrogen) atoms. The molecule has 0 spiro atoms. The van der Waals surface area contributed by atoms with Gasteiger partial charge in [0.25, 0.3) is 6.01 Å². The minimum Gasteiger partial charge on any atom is -0.480 e. The van der Waals surface area contributed by atoms with Gasteiger partial charge in [0.2, 0.25) is 0 Å². The number of nitrogens with zero attached hydrogens (tertiary/aromatic N) is 1. The second-order valence-electron chi connectivity index (χ2n) is 4.19. The van der Waals surface area contributed by atoms with Crippen molar-refractivity contribution in [1.29, 1.82) is 0 Å². The summed E-state index contributed by atoms with van der Waals surface area (Å²) in [5.41, 5.74) is 1.35. The van der Waals surface area contributed by atoms with E-state index in [0.717, 1.165) is 0 Å². The number of oxazole rings is 1. The van der Waals surface area contributed by atoms with Crippen molar-refractivity contribution < 1.29 is 14.3 Å². The van der Waals surface area contributed by atoms with Gasteiger partial charge in [0, 0.05) is 0 Å².